The van der Waals surface area contributed by atoms with Crippen LogP contribution in [0.5, 0.6) is 0 Å². The van der Waals surface area contributed by atoms with E-state index in [0.29, 0.717) is 11.3 Å². The first-order valence-corrected chi connectivity index (χ1v) is 6.46. The van der Waals surface area contributed by atoms with Crippen molar-refractivity contribution in [3.63, 3.8) is 0 Å². The van der Waals surface area contributed by atoms with Gasteiger partial charge in [0.15, 0.2) is 5.76 Å². The summed E-state index contributed by atoms with van der Waals surface area (Å²) in [6, 6.07) is 9.88. The van der Waals surface area contributed by atoms with E-state index in [9.17, 15) is 9.59 Å². The van der Waals surface area contributed by atoms with Crippen molar-refractivity contribution in [2.45, 2.75) is 20.0 Å². The molecule has 0 fully saturated rings. The third kappa shape index (κ3) is 3.27. The topological polar surface area (TPSA) is 56.5 Å². The van der Waals surface area contributed by atoms with Crippen LogP contribution in [-0.4, -0.2) is 17.3 Å². The lowest BCUT2D eigenvalue weighted by molar-refractivity contribution is 0.0378. The molecule has 4 nitrogen and oxygen atoms in total. The largest absolute Gasteiger partial charge is 0.459 e. The average Bonchev–Trinajstić information content (AvgIpc) is 2.88. The molecule has 104 valence electrons. The van der Waals surface area contributed by atoms with Crippen molar-refractivity contribution in [2.75, 3.05) is 0 Å². The Hall–Kier alpha value is -2.07. The zero-order valence-electron chi connectivity index (χ0n) is 11.1. The van der Waals surface area contributed by atoms with Gasteiger partial charge in [0, 0.05) is 5.56 Å². The summed E-state index contributed by atoms with van der Waals surface area (Å²) in [5.74, 6) is 0.227. The molecule has 0 radical (unpaired) electrons. The maximum Gasteiger partial charge on any atom is 0.338 e. The van der Waals surface area contributed by atoms with Crippen LogP contribution in [-0.2, 0) is 4.74 Å². The number of hydrogen-bond donors (Lipinski definition) is 0. The fourth-order valence-electron chi connectivity index (χ4n) is 1.65. The van der Waals surface area contributed by atoms with E-state index < -0.39 is 5.24 Å². The standard InChI is InChI=1S/C15H13ClO4/c1-9(2)19-15(18)11-5-3-10(4-6-11)12-7-8-13(20-12)14(16)17/h3-9H,1-2H3. The van der Waals surface area contributed by atoms with Gasteiger partial charge >= 0.3 is 5.97 Å². The Bertz CT molecular complexity index is 626. The van der Waals surface area contributed by atoms with E-state index in [1.165, 1.54) is 6.07 Å². The molecular weight excluding hydrogens is 280 g/mol. The molecule has 20 heavy (non-hydrogen) atoms. The minimum atomic E-state index is -0.645. The Kier molecular flexibility index (Phi) is 4.25. The van der Waals surface area contributed by atoms with Gasteiger partial charge in [0.2, 0.25) is 0 Å². The fraction of sp³-hybridized carbons (Fsp3) is 0.200. The number of esters is 1. The van der Waals surface area contributed by atoms with Gasteiger partial charge < -0.3 is 9.15 Å². The Labute approximate surface area is 121 Å². The highest BCUT2D eigenvalue weighted by Gasteiger charge is 2.12. The van der Waals surface area contributed by atoms with Gasteiger partial charge in [-0.25, -0.2) is 4.79 Å². The third-order valence-corrected chi connectivity index (χ3v) is 2.73. The second-order valence-corrected chi connectivity index (χ2v) is 4.81. The summed E-state index contributed by atoms with van der Waals surface area (Å²) in [6.45, 7) is 3.58. The highest BCUT2D eigenvalue weighted by molar-refractivity contribution is 6.67. The van der Waals surface area contributed by atoms with Crippen LogP contribution >= 0.6 is 11.6 Å². The molecule has 5 heteroatoms. The minimum Gasteiger partial charge on any atom is -0.459 e. The summed E-state index contributed by atoms with van der Waals surface area (Å²) in [6.07, 6.45) is -0.162. The van der Waals surface area contributed by atoms with Crippen LogP contribution in [0.15, 0.2) is 40.8 Å². The summed E-state index contributed by atoms with van der Waals surface area (Å²) in [5, 5.41) is -0.645. The predicted octanol–water partition coefficient (Wildman–Crippen LogP) is 3.89. The number of rotatable bonds is 4. The number of carbonyl (C=O) groups excluding carboxylic acids is 2. The third-order valence-electron chi connectivity index (χ3n) is 2.55. The van der Waals surface area contributed by atoms with Gasteiger partial charge in [-0.3, -0.25) is 4.79 Å². The number of carbonyl (C=O) groups is 2. The zero-order chi connectivity index (χ0) is 14.7. The van der Waals surface area contributed by atoms with E-state index in [1.54, 1.807) is 44.2 Å². The average molecular weight is 293 g/mol. The van der Waals surface area contributed by atoms with Gasteiger partial charge in [-0.15, -0.1) is 0 Å². The molecule has 0 aliphatic carbocycles. The smallest absolute Gasteiger partial charge is 0.338 e. The molecule has 2 rings (SSSR count). The quantitative estimate of drug-likeness (QED) is 0.633. The molecule has 0 atom stereocenters. The normalized spacial score (nSPS) is 10.6. The van der Waals surface area contributed by atoms with E-state index in [0.717, 1.165) is 5.56 Å². The predicted molar refractivity (Wildman–Crippen MR) is 74.9 cm³/mol. The van der Waals surface area contributed by atoms with Crippen molar-refractivity contribution < 1.29 is 18.7 Å². The van der Waals surface area contributed by atoms with Crippen LogP contribution in [0.2, 0.25) is 0 Å². The first-order chi connectivity index (χ1) is 9.47. The van der Waals surface area contributed by atoms with Gasteiger partial charge in [-0.2, -0.15) is 0 Å². The summed E-state index contributed by atoms with van der Waals surface area (Å²) < 4.78 is 10.4. The van der Waals surface area contributed by atoms with Crippen molar-refractivity contribution in [3.8, 4) is 11.3 Å². The van der Waals surface area contributed by atoms with E-state index >= 15 is 0 Å². The second-order valence-electron chi connectivity index (χ2n) is 4.47. The van der Waals surface area contributed by atoms with Crippen LogP contribution in [0.3, 0.4) is 0 Å². The van der Waals surface area contributed by atoms with E-state index in [2.05, 4.69) is 0 Å². The summed E-state index contributed by atoms with van der Waals surface area (Å²) in [5.41, 5.74) is 1.21. The van der Waals surface area contributed by atoms with Crippen molar-refractivity contribution in [1.29, 1.82) is 0 Å². The second kappa shape index (κ2) is 5.92. The Morgan fingerprint density at radius 3 is 2.25 bits per heavy atom. The Morgan fingerprint density at radius 1 is 1.10 bits per heavy atom. The van der Waals surface area contributed by atoms with Crippen molar-refractivity contribution in [2.24, 2.45) is 0 Å². The first-order valence-electron chi connectivity index (χ1n) is 6.08. The van der Waals surface area contributed by atoms with Crippen LogP contribution in [0.25, 0.3) is 11.3 Å². The zero-order valence-corrected chi connectivity index (χ0v) is 11.8. The number of hydrogen-bond acceptors (Lipinski definition) is 4. The SMILES string of the molecule is CC(C)OC(=O)c1ccc(-c2ccc(C(=O)Cl)o2)cc1. The molecule has 0 aliphatic heterocycles. The van der Waals surface area contributed by atoms with Crippen LogP contribution < -0.4 is 0 Å². The van der Waals surface area contributed by atoms with Gasteiger partial charge in [0.05, 0.1) is 11.7 Å². The minimum absolute atomic E-state index is 0.0879. The van der Waals surface area contributed by atoms with E-state index in [4.69, 9.17) is 20.8 Å². The lowest BCUT2D eigenvalue weighted by Gasteiger charge is -2.07. The molecule has 0 bridgehead atoms. The molecule has 0 N–H and O–H groups in total. The molecular formula is C15H13ClO4. The summed E-state index contributed by atoms with van der Waals surface area (Å²) >= 11 is 5.33. The number of furan rings is 1. The molecule has 0 unspecified atom stereocenters. The fourth-order valence-corrected chi connectivity index (χ4v) is 1.75. The number of benzene rings is 1. The van der Waals surface area contributed by atoms with Gasteiger partial charge in [-0.1, -0.05) is 12.1 Å². The molecule has 1 heterocycles. The summed E-state index contributed by atoms with van der Waals surface area (Å²) in [7, 11) is 0. The number of ether oxygens (including phenoxy) is 1. The van der Waals surface area contributed by atoms with Crippen molar-refractivity contribution >= 4 is 22.8 Å². The lowest BCUT2D eigenvalue weighted by atomic mass is 10.1. The molecule has 0 saturated carbocycles. The van der Waals surface area contributed by atoms with Crippen molar-refractivity contribution in [3.05, 3.63) is 47.7 Å². The van der Waals surface area contributed by atoms with Crippen LogP contribution in [0, 0.1) is 0 Å². The molecule has 0 saturated heterocycles. The maximum atomic E-state index is 11.7. The monoisotopic (exact) mass is 292 g/mol. The van der Waals surface area contributed by atoms with Gasteiger partial charge in [-0.05, 0) is 49.7 Å². The Balaban J connectivity index is 2.19. The summed E-state index contributed by atoms with van der Waals surface area (Å²) in [4.78, 5) is 22.6. The van der Waals surface area contributed by atoms with Crippen molar-refractivity contribution in [1.82, 2.24) is 0 Å². The van der Waals surface area contributed by atoms with E-state index in [1.807, 2.05) is 0 Å². The Morgan fingerprint density at radius 2 is 1.75 bits per heavy atom. The first kappa shape index (κ1) is 14.3. The van der Waals surface area contributed by atoms with Gasteiger partial charge in [0.25, 0.3) is 5.24 Å². The molecule has 0 aliphatic rings. The molecule has 1 aromatic heterocycles. The molecule has 0 amide bonds. The molecule has 0 spiro atoms. The highest BCUT2D eigenvalue weighted by Crippen LogP contribution is 2.23. The van der Waals surface area contributed by atoms with Gasteiger partial charge in [0.1, 0.15) is 5.76 Å². The van der Waals surface area contributed by atoms with Crippen LogP contribution in [0.4, 0.5) is 0 Å². The van der Waals surface area contributed by atoms with Crippen LogP contribution in [0.1, 0.15) is 34.8 Å². The lowest BCUT2D eigenvalue weighted by Crippen LogP contribution is -2.11. The number of halogens is 1. The highest BCUT2D eigenvalue weighted by atomic mass is 35.5. The maximum absolute atomic E-state index is 11.7. The van der Waals surface area contributed by atoms with E-state index in [-0.39, 0.29) is 17.8 Å². The molecule has 1 aromatic carbocycles. The molecule has 2 aromatic rings.